The van der Waals surface area contributed by atoms with E-state index in [0.29, 0.717) is 31.7 Å². The highest BCUT2D eigenvalue weighted by molar-refractivity contribution is 5.82. The summed E-state index contributed by atoms with van der Waals surface area (Å²) in [7, 11) is 1.67. The van der Waals surface area contributed by atoms with Gasteiger partial charge in [-0.1, -0.05) is 30.3 Å². The minimum atomic E-state index is -0.670. The molecule has 3 aromatic rings. The third-order valence-corrected chi connectivity index (χ3v) is 6.57. The molecule has 5 rings (SSSR count). The van der Waals surface area contributed by atoms with Crippen LogP contribution in [0.3, 0.4) is 0 Å². The van der Waals surface area contributed by atoms with Crippen molar-refractivity contribution in [3.05, 3.63) is 58.6 Å². The molecular formula is C25H26N4O5. The first-order valence-electron chi connectivity index (χ1n) is 11.3. The molecule has 2 aliphatic heterocycles. The molecule has 2 aromatic carbocycles. The molecule has 1 amide bonds. The number of aromatic nitrogens is 1. The van der Waals surface area contributed by atoms with Crippen molar-refractivity contribution in [3.8, 4) is 17.2 Å². The van der Waals surface area contributed by atoms with E-state index in [1.165, 1.54) is 4.57 Å². The Morgan fingerprint density at radius 1 is 1.29 bits per heavy atom. The van der Waals surface area contributed by atoms with Crippen LogP contribution >= 0.6 is 0 Å². The van der Waals surface area contributed by atoms with E-state index in [9.17, 15) is 14.9 Å². The van der Waals surface area contributed by atoms with Crippen molar-refractivity contribution in [1.29, 1.82) is 5.26 Å². The molecule has 2 N–H and O–H groups in total. The van der Waals surface area contributed by atoms with E-state index in [4.69, 9.17) is 13.9 Å². The summed E-state index contributed by atoms with van der Waals surface area (Å²) in [5, 5.41) is 15.6. The third-order valence-electron chi connectivity index (χ3n) is 6.57. The van der Waals surface area contributed by atoms with Crippen LogP contribution in [0.2, 0.25) is 0 Å². The number of carbonyl (C=O) groups excluding carboxylic acids is 1. The lowest BCUT2D eigenvalue weighted by molar-refractivity contribution is -0.178. The Bertz CT molecular complexity index is 1300. The minimum absolute atomic E-state index is 0.300. The Kier molecular flexibility index (Phi) is 5.96. The molecule has 0 unspecified atom stereocenters. The fourth-order valence-electron chi connectivity index (χ4n) is 4.37. The van der Waals surface area contributed by atoms with E-state index in [1.807, 2.05) is 36.4 Å². The Morgan fingerprint density at radius 2 is 2.06 bits per heavy atom. The lowest BCUT2D eigenvalue weighted by Crippen LogP contribution is -2.53. The highest BCUT2D eigenvalue weighted by Gasteiger charge is 2.42. The monoisotopic (exact) mass is 462 g/mol. The molecule has 176 valence electrons. The van der Waals surface area contributed by atoms with Gasteiger partial charge in [0, 0.05) is 33.0 Å². The summed E-state index contributed by atoms with van der Waals surface area (Å²) < 4.78 is 18.1. The molecule has 1 aromatic heterocycles. The quantitative estimate of drug-likeness (QED) is 0.590. The smallest absolute Gasteiger partial charge is 0.408 e. The highest BCUT2D eigenvalue weighted by atomic mass is 16.6. The van der Waals surface area contributed by atoms with Crippen LogP contribution in [0.5, 0.6) is 0 Å². The molecule has 0 radical (unpaired) electrons. The van der Waals surface area contributed by atoms with E-state index in [-0.39, 0.29) is 11.5 Å². The van der Waals surface area contributed by atoms with E-state index in [2.05, 4.69) is 16.7 Å². The van der Waals surface area contributed by atoms with Crippen LogP contribution in [0.15, 0.2) is 51.7 Å². The molecule has 1 spiro atoms. The summed E-state index contributed by atoms with van der Waals surface area (Å²) >= 11 is 0. The number of oxazole rings is 1. The minimum Gasteiger partial charge on any atom is -0.408 e. The van der Waals surface area contributed by atoms with Crippen molar-refractivity contribution in [2.24, 2.45) is 7.05 Å². The van der Waals surface area contributed by atoms with Gasteiger partial charge in [0.05, 0.1) is 24.8 Å². The van der Waals surface area contributed by atoms with Gasteiger partial charge in [0.15, 0.2) is 5.58 Å². The van der Waals surface area contributed by atoms with Crippen LogP contribution in [0.25, 0.3) is 22.2 Å². The number of rotatable bonds is 5. The zero-order valence-electron chi connectivity index (χ0n) is 18.9. The second-order valence-corrected chi connectivity index (χ2v) is 8.91. The summed E-state index contributed by atoms with van der Waals surface area (Å²) in [6, 6.07) is 14.9. The topological polar surface area (TPSA) is 119 Å². The van der Waals surface area contributed by atoms with Crippen LogP contribution in [0, 0.1) is 11.3 Å². The number of benzene rings is 2. The Balaban J connectivity index is 1.22. The molecule has 0 bridgehead atoms. The average Bonchev–Trinajstić information content (AvgIpc) is 2.99. The summed E-state index contributed by atoms with van der Waals surface area (Å²) in [6.45, 7) is 2.13. The largest absolute Gasteiger partial charge is 0.419 e. The van der Waals surface area contributed by atoms with Crippen molar-refractivity contribution < 1.29 is 18.7 Å². The first-order chi connectivity index (χ1) is 16.5. The first kappa shape index (κ1) is 22.3. The van der Waals surface area contributed by atoms with E-state index in [1.54, 1.807) is 13.1 Å². The average molecular weight is 463 g/mol. The maximum absolute atomic E-state index is 12.7. The highest BCUT2D eigenvalue weighted by Crippen LogP contribution is 2.28. The normalized spacial score (nSPS) is 23.1. The van der Waals surface area contributed by atoms with Crippen LogP contribution < -0.4 is 16.4 Å². The maximum Gasteiger partial charge on any atom is 0.419 e. The van der Waals surface area contributed by atoms with Crippen molar-refractivity contribution in [2.45, 2.75) is 30.6 Å². The van der Waals surface area contributed by atoms with E-state index >= 15 is 0 Å². The number of carbonyl (C=O) groups is 1. The number of ether oxygens (including phenoxy) is 2. The fraction of sp³-hybridized carbons (Fsp3) is 0.400. The van der Waals surface area contributed by atoms with Gasteiger partial charge < -0.3 is 24.5 Å². The van der Waals surface area contributed by atoms with Gasteiger partial charge in [0.2, 0.25) is 0 Å². The summed E-state index contributed by atoms with van der Waals surface area (Å²) in [4.78, 5) is 24.4. The van der Waals surface area contributed by atoms with Crippen molar-refractivity contribution in [2.75, 3.05) is 26.3 Å². The van der Waals surface area contributed by atoms with Crippen molar-refractivity contribution >= 4 is 17.0 Å². The SMILES string of the molecule is Cn1c(=O)oc2ccc(-c3ccc(C[C@@H](C#N)NC(=O)[C@@H]4CNC[C@]5(CCO5)CO4)cc3)cc21. The lowest BCUT2D eigenvalue weighted by atomic mass is 9.96. The maximum atomic E-state index is 12.7. The van der Waals surface area contributed by atoms with Gasteiger partial charge >= 0.3 is 5.76 Å². The molecule has 9 nitrogen and oxygen atoms in total. The molecule has 2 fully saturated rings. The number of amides is 1. The van der Waals surface area contributed by atoms with Gasteiger partial charge in [-0.2, -0.15) is 5.26 Å². The number of aryl methyl sites for hydroxylation is 1. The standard InChI is InChI=1S/C25H26N4O5/c1-29-20-11-18(6-7-21(20)34-24(29)31)17-4-2-16(3-5-17)10-19(12-26)28-23(30)22-13-27-14-25(15-32-22)8-9-33-25/h2-7,11,19,22,27H,8-10,13-15H2,1H3,(H,28,30)/t19-,22-,25+/m0/s1. The van der Waals surface area contributed by atoms with Crippen LogP contribution in [0.1, 0.15) is 12.0 Å². The van der Waals surface area contributed by atoms with Crippen LogP contribution in [-0.2, 0) is 27.7 Å². The predicted molar refractivity (Wildman–Crippen MR) is 124 cm³/mol. The number of nitriles is 1. The summed E-state index contributed by atoms with van der Waals surface area (Å²) in [5.74, 6) is -0.695. The Morgan fingerprint density at radius 3 is 2.76 bits per heavy atom. The van der Waals surface area contributed by atoms with E-state index < -0.39 is 17.9 Å². The molecule has 3 heterocycles. The molecule has 2 saturated heterocycles. The van der Waals surface area contributed by atoms with Crippen molar-refractivity contribution in [1.82, 2.24) is 15.2 Å². The molecular weight excluding hydrogens is 436 g/mol. The fourth-order valence-corrected chi connectivity index (χ4v) is 4.37. The number of hydrogen-bond donors (Lipinski definition) is 2. The molecule has 0 aliphatic carbocycles. The van der Waals surface area contributed by atoms with Gasteiger partial charge in [-0.25, -0.2) is 4.79 Å². The van der Waals surface area contributed by atoms with Gasteiger partial charge in [-0.3, -0.25) is 9.36 Å². The Hall–Kier alpha value is -3.45. The van der Waals surface area contributed by atoms with Gasteiger partial charge in [0.25, 0.3) is 5.91 Å². The van der Waals surface area contributed by atoms with Crippen LogP contribution in [-0.4, -0.2) is 54.5 Å². The Labute approximate surface area is 196 Å². The molecule has 34 heavy (non-hydrogen) atoms. The second-order valence-electron chi connectivity index (χ2n) is 8.91. The third kappa shape index (κ3) is 4.35. The van der Waals surface area contributed by atoms with Gasteiger partial charge in [-0.05, 0) is 28.8 Å². The number of nitrogens with one attached hydrogen (secondary N) is 2. The van der Waals surface area contributed by atoms with Gasteiger partial charge in [-0.15, -0.1) is 0 Å². The zero-order valence-corrected chi connectivity index (χ0v) is 18.9. The lowest BCUT2D eigenvalue weighted by Gasteiger charge is -2.40. The summed E-state index contributed by atoms with van der Waals surface area (Å²) in [6.07, 6.45) is 0.639. The molecule has 3 atom stereocenters. The molecule has 2 aliphatic rings. The molecule has 0 saturated carbocycles. The molecule has 9 heteroatoms. The number of nitrogens with zero attached hydrogens (tertiary/aromatic N) is 2. The van der Waals surface area contributed by atoms with E-state index in [0.717, 1.165) is 35.2 Å². The van der Waals surface area contributed by atoms with Crippen LogP contribution in [0.4, 0.5) is 0 Å². The first-order valence-corrected chi connectivity index (χ1v) is 11.3. The summed E-state index contributed by atoms with van der Waals surface area (Å²) in [5.41, 5.74) is 3.80. The zero-order chi connectivity index (χ0) is 23.7. The second kappa shape index (κ2) is 9.06. The number of hydrogen-bond acceptors (Lipinski definition) is 7. The predicted octanol–water partition coefficient (Wildman–Crippen LogP) is 1.50. The number of fused-ring (bicyclic) bond motifs is 1. The van der Waals surface area contributed by atoms with Gasteiger partial charge in [0.1, 0.15) is 17.7 Å². The van der Waals surface area contributed by atoms with Crippen molar-refractivity contribution in [3.63, 3.8) is 0 Å².